The Kier molecular flexibility index (Phi) is 5.09. The summed E-state index contributed by atoms with van der Waals surface area (Å²) in [6.45, 7) is 2.96. The molecule has 0 radical (unpaired) electrons. The molecule has 0 aromatic heterocycles. The van der Waals surface area contributed by atoms with Gasteiger partial charge in [-0.15, -0.1) is 0 Å². The Morgan fingerprint density at radius 1 is 1.33 bits per heavy atom. The number of rotatable bonds is 0. The monoisotopic (exact) mass is 277 g/mol. The van der Waals surface area contributed by atoms with Crippen LogP contribution in [-0.2, 0) is 4.79 Å². The van der Waals surface area contributed by atoms with E-state index in [-0.39, 0.29) is 13.0 Å². The van der Waals surface area contributed by atoms with Gasteiger partial charge < -0.3 is 15.4 Å². The number of carbonyl (C=O) groups is 1. The third kappa shape index (κ3) is 4.75. The summed E-state index contributed by atoms with van der Waals surface area (Å²) in [7, 11) is 0. The lowest BCUT2D eigenvalue weighted by Gasteiger charge is -2.42. The summed E-state index contributed by atoms with van der Waals surface area (Å²) in [6, 6.07) is 0. The number of carboxylic acids is 1. The van der Waals surface area contributed by atoms with Crippen molar-refractivity contribution in [2.45, 2.75) is 37.7 Å². The third-order valence-electron chi connectivity index (χ3n) is 2.70. The maximum atomic E-state index is 13.4. The number of carboxylic acid groups (broad SMARTS) is 1. The standard InChI is InChI=1S/C7H14FNO2.C2HF3O2/c1-6(8)5-9(11)4-3-7(6,2)10;3-2(4,5)1(6)7/h10-11H,3-5H2,1-2H3;(H,6,7). The first-order chi connectivity index (χ1) is 7.79. The minimum atomic E-state index is -5.08. The van der Waals surface area contributed by atoms with Gasteiger partial charge in [-0.1, -0.05) is 0 Å². The Morgan fingerprint density at radius 3 is 1.94 bits per heavy atom. The van der Waals surface area contributed by atoms with E-state index in [1.165, 1.54) is 13.8 Å². The molecule has 0 aliphatic carbocycles. The van der Waals surface area contributed by atoms with Gasteiger partial charge in [-0.25, -0.2) is 9.18 Å². The van der Waals surface area contributed by atoms with Crippen LogP contribution >= 0.6 is 0 Å². The molecule has 0 aromatic rings. The van der Waals surface area contributed by atoms with Crippen molar-refractivity contribution >= 4 is 5.97 Å². The van der Waals surface area contributed by atoms with E-state index in [9.17, 15) is 22.7 Å². The topological polar surface area (TPSA) is 81.0 Å². The van der Waals surface area contributed by atoms with E-state index < -0.39 is 23.4 Å². The van der Waals surface area contributed by atoms with Crippen LogP contribution in [0.25, 0.3) is 0 Å². The number of hydrogen-bond acceptors (Lipinski definition) is 4. The summed E-state index contributed by atoms with van der Waals surface area (Å²) in [5, 5.41) is 26.5. The predicted octanol–water partition coefficient (Wildman–Crippen LogP) is 1.19. The van der Waals surface area contributed by atoms with Gasteiger partial charge in [0.05, 0.1) is 12.1 Å². The van der Waals surface area contributed by atoms with Gasteiger partial charge in [0.15, 0.2) is 5.67 Å². The minimum absolute atomic E-state index is 0.125. The minimum Gasteiger partial charge on any atom is -0.475 e. The predicted molar refractivity (Wildman–Crippen MR) is 51.8 cm³/mol. The Balaban J connectivity index is 0.000000360. The Morgan fingerprint density at radius 2 is 1.72 bits per heavy atom. The van der Waals surface area contributed by atoms with Crippen LogP contribution in [0.5, 0.6) is 0 Å². The van der Waals surface area contributed by atoms with Gasteiger partial charge in [-0.05, 0) is 20.3 Å². The second-order valence-electron chi connectivity index (χ2n) is 4.41. The molecule has 0 amide bonds. The van der Waals surface area contributed by atoms with Gasteiger partial charge in [0.25, 0.3) is 0 Å². The zero-order valence-corrected chi connectivity index (χ0v) is 9.83. The molecule has 3 N–H and O–H groups in total. The van der Waals surface area contributed by atoms with E-state index in [2.05, 4.69) is 0 Å². The fraction of sp³-hybridized carbons (Fsp3) is 0.889. The van der Waals surface area contributed by atoms with Crippen molar-refractivity contribution in [3.63, 3.8) is 0 Å². The highest BCUT2D eigenvalue weighted by Gasteiger charge is 2.48. The Bertz CT molecular complexity index is 303. The molecule has 0 spiro atoms. The van der Waals surface area contributed by atoms with Gasteiger partial charge in [0.1, 0.15) is 0 Å². The van der Waals surface area contributed by atoms with Crippen molar-refractivity contribution in [3.8, 4) is 0 Å². The molecule has 0 bridgehead atoms. The highest BCUT2D eigenvalue weighted by Crippen LogP contribution is 2.33. The smallest absolute Gasteiger partial charge is 0.475 e. The van der Waals surface area contributed by atoms with E-state index in [4.69, 9.17) is 15.1 Å². The van der Waals surface area contributed by atoms with Gasteiger partial charge >= 0.3 is 12.1 Å². The zero-order chi connectivity index (χ0) is 14.8. The Labute approximate surface area is 101 Å². The van der Waals surface area contributed by atoms with E-state index >= 15 is 0 Å². The molecular weight excluding hydrogens is 262 g/mol. The summed E-state index contributed by atoms with van der Waals surface area (Å²) in [5.74, 6) is -2.76. The molecule has 5 nitrogen and oxygen atoms in total. The lowest BCUT2D eigenvalue weighted by Crippen LogP contribution is -2.58. The van der Waals surface area contributed by atoms with Crippen molar-refractivity contribution < 1.29 is 37.8 Å². The molecule has 1 fully saturated rings. The molecule has 2 unspecified atom stereocenters. The van der Waals surface area contributed by atoms with Crippen LogP contribution < -0.4 is 0 Å². The molecule has 9 heteroatoms. The first-order valence-corrected chi connectivity index (χ1v) is 4.95. The molecule has 108 valence electrons. The maximum absolute atomic E-state index is 13.4. The number of nitrogens with zero attached hydrogens (tertiary/aromatic N) is 1. The molecule has 1 heterocycles. The SMILES string of the molecule is CC1(O)CCN(O)CC1(C)F.O=C(O)C(F)(F)F. The van der Waals surface area contributed by atoms with E-state index in [1.807, 2.05) is 0 Å². The quantitative estimate of drug-likeness (QED) is 0.580. The number of alkyl halides is 4. The normalized spacial score (nSPS) is 33.6. The van der Waals surface area contributed by atoms with Crippen LogP contribution in [0.2, 0.25) is 0 Å². The first kappa shape index (κ1) is 17.1. The number of aliphatic hydroxyl groups is 1. The van der Waals surface area contributed by atoms with Crippen LogP contribution in [0.3, 0.4) is 0 Å². The third-order valence-corrected chi connectivity index (χ3v) is 2.70. The first-order valence-electron chi connectivity index (χ1n) is 4.95. The fourth-order valence-corrected chi connectivity index (χ4v) is 1.20. The second-order valence-corrected chi connectivity index (χ2v) is 4.41. The van der Waals surface area contributed by atoms with Crippen LogP contribution in [0.1, 0.15) is 20.3 Å². The van der Waals surface area contributed by atoms with Crippen molar-refractivity contribution in [2.24, 2.45) is 0 Å². The van der Waals surface area contributed by atoms with Crippen LogP contribution in [0.4, 0.5) is 17.6 Å². The van der Waals surface area contributed by atoms with Crippen molar-refractivity contribution in [1.82, 2.24) is 5.06 Å². The average molecular weight is 277 g/mol. The van der Waals surface area contributed by atoms with Gasteiger partial charge in [0.2, 0.25) is 0 Å². The van der Waals surface area contributed by atoms with Crippen LogP contribution in [-0.4, -0.2) is 57.0 Å². The van der Waals surface area contributed by atoms with Gasteiger partial charge in [0, 0.05) is 6.54 Å². The summed E-state index contributed by atoms with van der Waals surface area (Å²) in [4.78, 5) is 8.90. The Hall–Kier alpha value is -0.930. The van der Waals surface area contributed by atoms with Crippen LogP contribution in [0.15, 0.2) is 0 Å². The lowest BCUT2D eigenvalue weighted by atomic mass is 9.82. The average Bonchev–Trinajstić information content (AvgIpc) is 2.11. The second kappa shape index (κ2) is 5.37. The number of hydroxylamine groups is 2. The molecule has 18 heavy (non-hydrogen) atoms. The molecule has 1 aliphatic heterocycles. The van der Waals surface area contributed by atoms with Crippen molar-refractivity contribution in [2.75, 3.05) is 13.1 Å². The summed E-state index contributed by atoms with van der Waals surface area (Å²) in [6.07, 6.45) is -4.82. The molecule has 1 rings (SSSR count). The number of hydrogen-bond donors (Lipinski definition) is 3. The fourth-order valence-electron chi connectivity index (χ4n) is 1.20. The molecule has 1 saturated heterocycles. The van der Waals surface area contributed by atoms with Gasteiger partial charge in [-0.3, -0.25) is 0 Å². The summed E-state index contributed by atoms with van der Waals surface area (Å²) >= 11 is 0. The number of halogens is 4. The largest absolute Gasteiger partial charge is 0.490 e. The lowest BCUT2D eigenvalue weighted by molar-refractivity contribution is -0.207. The molecular formula is C9H15F4NO4. The van der Waals surface area contributed by atoms with Gasteiger partial charge in [-0.2, -0.15) is 18.2 Å². The van der Waals surface area contributed by atoms with Crippen LogP contribution in [0, 0.1) is 0 Å². The number of aliphatic carboxylic acids is 1. The maximum Gasteiger partial charge on any atom is 0.490 e. The summed E-state index contributed by atoms with van der Waals surface area (Å²) in [5.41, 5.74) is -3.04. The van der Waals surface area contributed by atoms with E-state index in [0.717, 1.165) is 5.06 Å². The van der Waals surface area contributed by atoms with Crippen molar-refractivity contribution in [1.29, 1.82) is 0 Å². The molecule has 2 atom stereocenters. The summed E-state index contributed by atoms with van der Waals surface area (Å²) < 4.78 is 45.2. The highest BCUT2D eigenvalue weighted by atomic mass is 19.4. The van der Waals surface area contributed by atoms with E-state index in [1.54, 1.807) is 0 Å². The molecule has 0 aromatic carbocycles. The highest BCUT2D eigenvalue weighted by molar-refractivity contribution is 5.73. The van der Waals surface area contributed by atoms with Crippen molar-refractivity contribution in [3.05, 3.63) is 0 Å². The molecule has 1 aliphatic rings. The number of piperidine rings is 1. The van der Waals surface area contributed by atoms with E-state index in [0.29, 0.717) is 6.54 Å². The molecule has 0 saturated carbocycles. The zero-order valence-electron chi connectivity index (χ0n) is 9.83.